The van der Waals surface area contributed by atoms with E-state index in [1.807, 2.05) is 16.8 Å². The molecule has 5 rings (SSSR count). The van der Waals surface area contributed by atoms with E-state index in [2.05, 4.69) is 29.0 Å². The third kappa shape index (κ3) is 3.75. The molecule has 4 aromatic heterocycles. The first-order valence-electron chi connectivity index (χ1n) is 12.1. The van der Waals surface area contributed by atoms with Gasteiger partial charge in [-0.1, -0.05) is 26.7 Å². The first-order chi connectivity index (χ1) is 16.8. The van der Waals surface area contributed by atoms with Gasteiger partial charge in [0.15, 0.2) is 5.82 Å². The van der Waals surface area contributed by atoms with Crippen molar-refractivity contribution in [2.45, 2.75) is 53.0 Å². The highest BCUT2D eigenvalue weighted by Gasteiger charge is 2.29. The van der Waals surface area contributed by atoms with Crippen molar-refractivity contribution in [3.63, 3.8) is 0 Å². The van der Waals surface area contributed by atoms with Crippen molar-refractivity contribution in [1.82, 2.24) is 24.3 Å². The van der Waals surface area contributed by atoms with Crippen LogP contribution in [0.25, 0.3) is 27.6 Å². The summed E-state index contributed by atoms with van der Waals surface area (Å²) in [6.45, 7) is 8.06. The lowest BCUT2D eigenvalue weighted by atomic mass is 9.78. The van der Waals surface area contributed by atoms with Crippen molar-refractivity contribution in [3.05, 3.63) is 62.6 Å². The minimum absolute atomic E-state index is 0.123. The molecule has 0 aliphatic heterocycles. The summed E-state index contributed by atoms with van der Waals surface area (Å²) in [7, 11) is 0. The number of hydrogen-bond donors (Lipinski definition) is 1. The number of H-pyrrole nitrogens is 1. The van der Waals surface area contributed by atoms with Crippen molar-refractivity contribution in [3.8, 4) is 5.82 Å². The van der Waals surface area contributed by atoms with E-state index in [1.165, 1.54) is 17.2 Å². The summed E-state index contributed by atoms with van der Waals surface area (Å²) in [5, 5.41) is 7.63. The average molecular weight is 476 g/mol. The van der Waals surface area contributed by atoms with Gasteiger partial charge in [0.05, 0.1) is 28.4 Å². The second-order valence-electron chi connectivity index (χ2n) is 9.48. The molecular weight excluding hydrogens is 446 g/mol. The smallest absolute Gasteiger partial charge is 0.343 e. The molecule has 0 saturated heterocycles. The molecule has 4 heterocycles. The molecule has 9 nitrogen and oxygen atoms in total. The lowest BCUT2D eigenvalue weighted by molar-refractivity contribution is 0.0525. The molecule has 4 aromatic rings. The zero-order valence-corrected chi connectivity index (χ0v) is 20.4. The van der Waals surface area contributed by atoms with E-state index < -0.39 is 11.5 Å². The molecule has 35 heavy (non-hydrogen) atoms. The first-order valence-corrected chi connectivity index (χ1v) is 12.1. The molecule has 1 aliphatic rings. The van der Waals surface area contributed by atoms with Crippen LogP contribution in [0.2, 0.25) is 0 Å². The number of fused-ring (bicyclic) bond motifs is 2. The molecule has 0 aromatic carbocycles. The van der Waals surface area contributed by atoms with Crippen LogP contribution >= 0.6 is 0 Å². The molecular formula is C26H29N5O4. The van der Waals surface area contributed by atoms with Crippen LogP contribution in [0, 0.1) is 18.8 Å². The van der Waals surface area contributed by atoms with Gasteiger partial charge in [0, 0.05) is 24.1 Å². The molecule has 1 N–H and O–H groups in total. The van der Waals surface area contributed by atoms with Crippen LogP contribution in [-0.2, 0) is 4.74 Å². The Bertz CT molecular complexity index is 1560. The minimum Gasteiger partial charge on any atom is -0.462 e. The lowest BCUT2D eigenvalue weighted by Gasteiger charge is -2.35. The minimum atomic E-state index is -0.559. The van der Waals surface area contributed by atoms with Crippen LogP contribution in [0.3, 0.4) is 0 Å². The number of nitrogens with one attached hydrogen (secondary N) is 1. The quantitative estimate of drug-likeness (QED) is 0.354. The number of aromatic nitrogens is 5. The summed E-state index contributed by atoms with van der Waals surface area (Å²) in [4.78, 5) is 44.2. The van der Waals surface area contributed by atoms with Crippen LogP contribution in [0.5, 0.6) is 0 Å². The van der Waals surface area contributed by atoms with Crippen molar-refractivity contribution < 1.29 is 9.53 Å². The number of esters is 1. The Morgan fingerprint density at radius 1 is 1.11 bits per heavy atom. The summed E-state index contributed by atoms with van der Waals surface area (Å²) in [5.74, 6) is 0.525. The molecule has 0 unspecified atom stereocenters. The van der Waals surface area contributed by atoms with Crippen molar-refractivity contribution in [2.24, 2.45) is 11.8 Å². The Hall–Kier alpha value is -3.75. The van der Waals surface area contributed by atoms with E-state index >= 15 is 0 Å². The highest BCUT2D eigenvalue weighted by Crippen LogP contribution is 2.37. The average Bonchev–Trinajstić information content (AvgIpc) is 3.22. The Kier molecular flexibility index (Phi) is 5.78. The van der Waals surface area contributed by atoms with Gasteiger partial charge in [0.1, 0.15) is 5.56 Å². The molecule has 1 fully saturated rings. The third-order valence-corrected chi connectivity index (χ3v) is 7.43. The molecule has 9 heteroatoms. The van der Waals surface area contributed by atoms with Gasteiger partial charge in [-0.15, -0.1) is 0 Å². The monoisotopic (exact) mass is 475 g/mol. The van der Waals surface area contributed by atoms with Crippen LogP contribution in [0.1, 0.15) is 62.1 Å². The van der Waals surface area contributed by atoms with Gasteiger partial charge >= 0.3 is 5.97 Å². The standard InChI is InChI=1S/C26H29N5O4/c1-5-35-26(34)22-16(4)28-29-23(22)31-12-10-20-18(25(31)33)13-17-19(27-20)9-11-30(24(17)32)21-8-6-7-14(2)15(21)3/h9-15,21H,5-8H2,1-4H3,(H,28,29)/t14-,15-,21-/m1/s1. The van der Waals surface area contributed by atoms with Gasteiger partial charge in [-0.2, -0.15) is 5.10 Å². The number of carbonyl (C=O) groups is 1. The predicted molar refractivity (Wildman–Crippen MR) is 133 cm³/mol. The maximum absolute atomic E-state index is 13.5. The van der Waals surface area contributed by atoms with Gasteiger partial charge < -0.3 is 9.30 Å². The normalized spacial score (nSPS) is 20.4. The van der Waals surface area contributed by atoms with Crippen molar-refractivity contribution in [2.75, 3.05) is 6.61 Å². The Morgan fingerprint density at radius 2 is 1.83 bits per heavy atom. The number of carbonyl (C=O) groups excluding carboxylic acids is 1. The molecule has 0 radical (unpaired) electrons. The zero-order chi connectivity index (χ0) is 24.9. The maximum Gasteiger partial charge on any atom is 0.343 e. The van der Waals surface area contributed by atoms with E-state index in [-0.39, 0.29) is 35.0 Å². The topological polar surface area (TPSA) is 112 Å². The van der Waals surface area contributed by atoms with Crippen molar-refractivity contribution >= 4 is 27.8 Å². The lowest BCUT2D eigenvalue weighted by Crippen LogP contribution is -2.33. The Labute approximate surface area is 201 Å². The summed E-state index contributed by atoms with van der Waals surface area (Å²) < 4.78 is 8.25. The molecule has 3 atom stereocenters. The number of rotatable bonds is 4. The van der Waals surface area contributed by atoms with Gasteiger partial charge in [0.25, 0.3) is 11.1 Å². The van der Waals surface area contributed by atoms with Crippen LogP contribution in [-0.4, -0.2) is 36.9 Å². The van der Waals surface area contributed by atoms with Gasteiger partial charge in [-0.25, -0.2) is 9.78 Å². The highest BCUT2D eigenvalue weighted by molar-refractivity contribution is 5.95. The summed E-state index contributed by atoms with van der Waals surface area (Å²) >= 11 is 0. The van der Waals surface area contributed by atoms with Crippen molar-refractivity contribution in [1.29, 1.82) is 0 Å². The fraction of sp³-hybridized carbons (Fsp3) is 0.423. The number of nitrogens with zero attached hydrogens (tertiary/aromatic N) is 4. The fourth-order valence-electron chi connectivity index (χ4n) is 5.25. The Balaban J connectivity index is 1.68. The largest absolute Gasteiger partial charge is 0.462 e. The summed E-state index contributed by atoms with van der Waals surface area (Å²) in [6, 6.07) is 5.28. The van der Waals surface area contributed by atoms with E-state index in [0.717, 1.165) is 12.8 Å². The number of hydrogen-bond acceptors (Lipinski definition) is 6. The molecule has 182 valence electrons. The van der Waals surface area contributed by atoms with E-state index in [9.17, 15) is 14.4 Å². The van der Waals surface area contributed by atoms with Crippen LogP contribution in [0.15, 0.2) is 40.2 Å². The molecule has 1 aliphatic carbocycles. The summed E-state index contributed by atoms with van der Waals surface area (Å²) in [5.41, 5.74) is 1.17. The second kappa shape index (κ2) is 8.79. The summed E-state index contributed by atoms with van der Waals surface area (Å²) in [6.07, 6.45) is 6.59. The molecule has 0 amide bonds. The van der Waals surface area contributed by atoms with Crippen LogP contribution < -0.4 is 11.1 Å². The highest BCUT2D eigenvalue weighted by atomic mass is 16.5. The fourth-order valence-corrected chi connectivity index (χ4v) is 5.25. The number of aryl methyl sites for hydroxylation is 1. The van der Waals surface area contributed by atoms with E-state index in [4.69, 9.17) is 4.74 Å². The van der Waals surface area contributed by atoms with Crippen LogP contribution in [0.4, 0.5) is 0 Å². The number of aromatic amines is 1. The molecule has 0 spiro atoms. The van der Waals surface area contributed by atoms with E-state index in [0.29, 0.717) is 33.9 Å². The van der Waals surface area contributed by atoms with Gasteiger partial charge in [0.2, 0.25) is 0 Å². The van der Waals surface area contributed by atoms with Gasteiger partial charge in [-0.3, -0.25) is 19.3 Å². The third-order valence-electron chi connectivity index (χ3n) is 7.43. The zero-order valence-electron chi connectivity index (χ0n) is 20.4. The number of pyridine rings is 3. The van der Waals surface area contributed by atoms with Gasteiger partial charge in [-0.05, 0) is 50.3 Å². The predicted octanol–water partition coefficient (Wildman–Crippen LogP) is 3.91. The molecule has 0 bridgehead atoms. The first kappa shape index (κ1) is 23.0. The maximum atomic E-state index is 13.5. The molecule has 1 saturated carbocycles. The Morgan fingerprint density at radius 3 is 2.57 bits per heavy atom. The van der Waals surface area contributed by atoms with E-state index in [1.54, 1.807) is 26.0 Å². The second-order valence-corrected chi connectivity index (χ2v) is 9.48. The SMILES string of the molecule is CCOC(=O)c1c(-n2ccc3nc4ccn([C@@H]5CCC[C@@H](C)[C@H]5C)c(=O)c4cc3c2=O)n[nH]c1C. The number of ether oxygens (including phenoxy) is 1.